The number of nitrogens with one attached hydrogen (secondary N) is 2. The van der Waals surface area contributed by atoms with Gasteiger partial charge in [-0.2, -0.15) is 5.10 Å². The fourth-order valence-electron chi connectivity index (χ4n) is 3.73. The molecule has 3 N–H and O–H groups in total. The molecule has 3 aromatic rings. The molecule has 1 amide bonds. The van der Waals surface area contributed by atoms with Gasteiger partial charge in [0.1, 0.15) is 18.1 Å². The molecule has 1 saturated heterocycles. The van der Waals surface area contributed by atoms with Crippen molar-refractivity contribution >= 4 is 16.8 Å². The lowest BCUT2D eigenvalue weighted by Crippen LogP contribution is -2.40. The molecule has 3 heterocycles. The molecule has 27 heavy (non-hydrogen) atoms. The van der Waals surface area contributed by atoms with E-state index in [9.17, 15) is 4.79 Å². The average molecular weight is 368 g/mol. The van der Waals surface area contributed by atoms with Crippen LogP contribution in [-0.2, 0) is 13.2 Å². The number of carbonyl (C=O) groups is 1. The summed E-state index contributed by atoms with van der Waals surface area (Å²) in [5.74, 6) is 1.73. The SMILES string of the molecule is O=C(NCC1CCCN(Cc2ccc(CO)o2)C1)c1n[nH]c2ccccc12. The molecule has 0 radical (unpaired) electrons. The number of nitrogens with zero attached hydrogens (tertiary/aromatic N) is 2. The van der Waals surface area contributed by atoms with Crippen molar-refractivity contribution in [2.75, 3.05) is 19.6 Å². The van der Waals surface area contributed by atoms with E-state index < -0.39 is 0 Å². The van der Waals surface area contributed by atoms with Gasteiger partial charge in [-0.05, 0) is 43.5 Å². The van der Waals surface area contributed by atoms with Crippen molar-refractivity contribution in [3.63, 3.8) is 0 Å². The number of amides is 1. The summed E-state index contributed by atoms with van der Waals surface area (Å²) in [6.07, 6.45) is 2.19. The molecular formula is C20H24N4O3. The number of H-pyrrole nitrogens is 1. The minimum absolute atomic E-state index is 0.0729. The Hall–Kier alpha value is -2.64. The second-order valence-corrected chi connectivity index (χ2v) is 7.10. The molecule has 1 unspecified atom stereocenters. The number of hydrogen-bond acceptors (Lipinski definition) is 5. The molecule has 7 heteroatoms. The van der Waals surface area contributed by atoms with E-state index in [1.165, 1.54) is 0 Å². The largest absolute Gasteiger partial charge is 0.462 e. The Morgan fingerprint density at radius 1 is 1.30 bits per heavy atom. The van der Waals surface area contributed by atoms with Gasteiger partial charge < -0.3 is 14.8 Å². The second-order valence-electron chi connectivity index (χ2n) is 7.10. The van der Waals surface area contributed by atoms with Crippen LogP contribution in [-0.4, -0.2) is 45.7 Å². The number of furan rings is 1. The number of rotatable bonds is 6. The van der Waals surface area contributed by atoms with Crippen LogP contribution in [0.1, 0.15) is 34.9 Å². The number of aliphatic hydroxyl groups excluding tert-OH is 1. The standard InChI is InChI=1S/C20H24N4O3/c25-13-16-8-7-15(27-16)12-24-9-3-4-14(11-24)10-21-20(26)19-17-5-1-2-6-18(17)22-23-19/h1-2,5-8,14,25H,3-4,9-13H2,(H,21,26)(H,22,23). The molecular weight excluding hydrogens is 344 g/mol. The van der Waals surface area contributed by atoms with Gasteiger partial charge in [-0.25, -0.2) is 0 Å². The second kappa shape index (κ2) is 7.94. The Morgan fingerprint density at radius 2 is 2.15 bits per heavy atom. The predicted molar refractivity (Wildman–Crippen MR) is 101 cm³/mol. The van der Waals surface area contributed by atoms with E-state index in [0.29, 0.717) is 23.9 Å². The van der Waals surface area contributed by atoms with Gasteiger partial charge in [-0.1, -0.05) is 18.2 Å². The number of likely N-dealkylation sites (tertiary alicyclic amines) is 1. The highest BCUT2D eigenvalue weighted by atomic mass is 16.4. The Kier molecular flexibility index (Phi) is 5.22. The van der Waals surface area contributed by atoms with Crippen molar-refractivity contribution in [3.8, 4) is 0 Å². The monoisotopic (exact) mass is 368 g/mol. The first kappa shape index (κ1) is 17.8. The molecule has 1 aliphatic rings. The lowest BCUT2D eigenvalue weighted by Gasteiger charge is -2.32. The van der Waals surface area contributed by atoms with Gasteiger partial charge in [0.25, 0.3) is 5.91 Å². The zero-order valence-electron chi connectivity index (χ0n) is 15.1. The van der Waals surface area contributed by atoms with Crippen molar-refractivity contribution in [3.05, 3.63) is 53.6 Å². The minimum atomic E-state index is -0.136. The van der Waals surface area contributed by atoms with Crippen LogP contribution in [0.25, 0.3) is 10.9 Å². The number of aliphatic hydroxyl groups is 1. The normalized spacial score (nSPS) is 18.0. The number of hydrogen-bond donors (Lipinski definition) is 3. The Morgan fingerprint density at radius 3 is 3.00 bits per heavy atom. The first-order chi connectivity index (χ1) is 13.2. The molecule has 0 saturated carbocycles. The molecule has 7 nitrogen and oxygen atoms in total. The highest BCUT2D eigenvalue weighted by Crippen LogP contribution is 2.20. The zero-order valence-corrected chi connectivity index (χ0v) is 15.1. The van der Waals surface area contributed by atoms with Gasteiger partial charge in [0.15, 0.2) is 5.69 Å². The van der Waals surface area contributed by atoms with Crippen molar-refractivity contribution < 1.29 is 14.3 Å². The predicted octanol–water partition coefficient (Wildman–Crippen LogP) is 2.29. The lowest BCUT2D eigenvalue weighted by atomic mass is 9.98. The summed E-state index contributed by atoms with van der Waals surface area (Å²) in [5, 5.41) is 20.1. The van der Waals surface area contributed by atoms with Gasteiger partial charge >= 0.3 is 0 Å². The number of benzene rings is 1. The molecule has 142 valence electrons. The average Bonchev–Trinajstić information content (AvgIpc) is 3.33. The lowest BCUT2D eigenvalue weighted by molar-refractivity contribution is 0.0924. The van der Waals surface area contributed by atoms with Gasteiger partial charge in [-0.3, -0.25) is 14.8 Å². The first-order valence-corrected chi connectivity index (χ1v) is 9.35. The highest BCUT2D eigenvalue weighted by Gasteiger charge is 2.22. The Balaban J connectivity index is 1.32. The zero-order chi connectivity index (χ0) is 18.6. The first-order valence-electron chi connectivity index (χ1n) is 9.35. The van der Waals surface area contributed by atoms with Crippen molar-refractivity contribution in [2.24, 2.45) is 5.92 Å². The molecule has 1 atom stereocenters. The van der Waals surface area contributed by atoms with E-state index in [4.69, 9.17) is 9.52 Å². The number of piperidine rings is 1. The van der Waals surface area contributed by atoms with Crippen LogP contribution in [0.2, 0.25) is 0 Å². The molecule has 2 aromatic heterocycles. The fraction of sp³-hybridized carbons (Fsp3) is 0.400. The van der Waals surface area contributed by atoms with E-state index in [1.54, 1.807) is 0 Å². The summed E-state index contributed by atoms with van der Waals surface area (Å²) in [7, 11) is 0. The number of aromatic amines is 1. The van der Waals surface area contributed by atoms with Crippen LogP contribution < -0.4 is 5.32 Å². The maximum absolute atomic E-state index is 12.5. The number of fused-ring (bicyclic) bond motifs is 1. The van der Waals surface area contributed by atoms with Gasteiger partial charge in [0.2, 0.25) is 0 Å². The van der Waals surface area contributed by atoms with Crippen molar-refractivity contribution in [1.29, 1.82) is 0 Å². The summed E-state index contributed by atoms with van der Waals surface area (Å²) in [5.41, 5.74) is 1.32. The van der Waals surface area contributed by atoms with Crippen molar-refractivity contribution in [1.82, 2.24) is 20.4 Å². The van der Waals surface area contributed by atoms with E-state index in [1.807, 2.05) is 36.4 Å². The summed E-state index contributed by atoms with van der Waals surface area (Å²) in [6, 6.07) is 11.4. The third kappa shape index (κ3) is 4.04. The van der Waals surface area contributed by atoms with Gasteiger partial charge in [0.05, 0.1) is 12.1 Å². The van der Waals surface area contributed by atoms with Crippen LogP contribution in [0.4, 0.5) is 0 Å². The quantitative estimate of drug-likeness (QED) is 0.621. The van der Waals surface area contributed by atoms with Gasteiger partial charge in [0, 0.05) is 18.5 Å². The molecule has 0 spiro atoms. The summed E-state index contributed by atoms with van der Waals surface area (Å²) < 4.78 is 5.59. The Labute approximate surface area is 157 Å². The molecule has 0 bridgehead atoms. The van der Waals surface area contributed by atoms with E-state index in [0.717, 1.165) is 49.1 Å². The molecule has 4 rings (SSSR count). The summed E-state index contributed by atoms with van der Waals surface area (Å²) in [4.78, 5) is 14.9. The minimum Gasteiger partial charge on any atom is -0.462 e. The maximum Gasteiger partial charge on any atom is 0.272 e. The fourth-order valence-corrected chi connectivity index (χ4v) is 3.73. The van der Waals surface area contributed by atoms with E-state index >= 15 is 0 Å². The highest BCUT2D eigenvalue weighted by molar-refractivity contribution is 6.04. The van der Waals surface area contributed by atoms with Crippen LogP contribution in [0, 0.1) is 5.92 Å². The number of aromatic nitrogens is 2. The smallest absolute Gasteiger partial charge is 0.272 e. The van der Waals surface area contributed by atoms with Crippen LogP contribution in [0.3, 0.4) is 0 Å². The number of carbonyl (C=O) groups excluding carboxylic acids is 1. The maximum atomic E-state index is 12.5. The van der Waals surface area contributed by atoms with Crippen LogP contribution in [0.15, 0.2) is 40.8 Å². The summed E-state index contributed by atoms with van der Waals surface area (Å²) >= 11 is 0. The van der Waals surface area contributed by atoms with E-state index in [-0.39, 0.29) is 12.5 Å². The molecule has 1 aromatic carbocycles. The molecule has 0 aliphatic carbocycles. The Bertz CT molecular complexity index is 917. The molecule has 1 fully saturated rings. The van der Waals surface area contributed by atoms with Crippen LogP contribution in [0.5, 0.6) is 0 Å². The van der Waals surface area contributed by atoms with Crippen molar-refractivity contribution in [2.45, 2.75) is 26.0 Å². The third-order valence-electron chi connectivity index (χ3n) is 5.09. The van der Waals surface area contributed by atoms with Crippen LogP contribution >= 0.6 is 0 Å². The number of para-hydroxylation sites is 1. The third-order valence-corrected chi connectivity index (χ3v) is 5.09. The van der Waals surface area contributed by atoms with Gasteiger partial charge in [-0.15, -0.1) is 0 Å². The van der Waals surface area contributed by atoms with E-state index in [2.05, 4.69) is 20.4 Å². The molecule has 1 aliphatic heterocycles. The summed E-state index contributed by atoms with van der Waals surface area (Å²) in [6.45, 7) is 3.22. The topological polar surface area (TPSA) is 94.4 Å².